The highest BCUT2D eigenvalue weighted by Crippen LogP contribution is 2.27. The lowest BCUT2D eigenvalue weighted by molar-refractivity contribution is -0.132. The summed E-state index contributed by atoms with van der Waals surface area (Å²) in [6.07, 6.45) is 0. The van der Waals surface area contributed by atoms with Crippen LogP contribution in [0.15, 0.2) is 18.2 Å². The van der Waals surface area contributed by atoms with Gasteiger partial charge in [0.05, 0.1) is 7.11 Å². The van der Waals surface area contributed by atoms with Crippen molar-refractivity contribution in [3.05, 3.63) is 23.8 Å². The van der Waals surface area contributed by atoms with Gasteiger partial charge in [-0.1, -0.05) is 6.07 Å². The van der Waals surface area contributed by atoms with Crippen LogP contribution < -0.4 is 9.47 Å². The smallest absolute Gasteiger partial charge is 0.260 e. The Kier molecular flexibility index (Phi) is 5.49. The van der Waals surface area contributed by atoms with E-state index in [-0.39, 0.29) is 12.5 Å². The molecule has 0 aliphatic carbocycles. The van der Waals surface area contributed by atoms with Crippen molar-refractivity contribution in [1.29, 1.82) is 0 Å². The highest BCUT2D eigenvalue weighted by atomic mass is 16.5. The monoisotopic (exact) mass is 251 g/mol. The van der Waals surface area contributed by atoms with Crippen molar-refractivity contribution in [2.75, 3.05) is 26.8 Å². The summed E-state index contributed by atoms with van der Waals surface area (Å²) in [5.74, 6) is 1.24. The molecule has 1 amide bonds. The third-order valence-corrected chi connectivity index (χ3v) is 2.79. The summed E-state index contributed by atoms with van der Waals surface area (Å²) in [6.45, 7) is 7.32. The molecule has 1 aromatic rings. The lowest BCUT2D eigenvalue weighted by Gasteiger charge is -2.19. The molecule has 0 saturated heterocycles. The highest BCUT2D eigenvalue weighted by molar-refractivity contribution is 5.77. The SMILES string of the molecule is CCN(CC)C(=O)COc1ccc(C)cc1OC. The zero-order valence-corrected chi connectivity index (χ0v) is 11.5. The maximum absolute atomic E-state index is 11.8. The number of carbonyl (C=O) groups excluding carboxylic acids is 1. The maximum atomic E-state index is 11.8. The van der Waals surface area contributed by atoms with Gasteiger partial charge < -0.3 is 14.4 Å². The Labute approximate surface area is 108 Å². The summed E-state index contributed by atoms with van der Waals surface area (Å²) < 4.78 is 10.7. The Morgan fingerprint density at radius 2 is 1.89 bits per heavy atom. The molecule has 1 aromatic carbocycles. The maximum Gasteiger partial charge on any atom is 0.260 e. The lowest BCUT2D eigenvalue weighted by atomic mass is 10.2. The zero-order chi connectivity index (χ0) is 13.5. The third kappa shape index (κ3) is 3.65. The lowest BCUT2D eigenvalue weighted by Crippen LogP contribution is -2.34. The third-order valence-electron chi connectivity index (χ3n) is 2.79. The van der Waals surface area contributed by atoms with Gasteiger partial charge in [-0.25, -0.2) is 0 Å². The summed E-state index contributed by atoms with van der Waals surface area (Å²) in [4.78, 5) is 13.5. The van der Waals surface area contributed by atoms with Crippen LogP contribution in [-0.2, 0) is 4.79 Å². The number of ether oxygens (including phenoxy) is 2. The van der Waals surface area contributed by atoms with Crippen molar-refractivity contribution >= 4 is 5.91 Å². The summed E-state index contributed by atoms with van der Waals surface area (Å²) >= 11 is 0. The van der Waals surface area contributed by atoms with E-state index in [1.165, 1.54) is 0 Å². The fourth-order valence-corrected chi connectivity index (χ4v) is 1.70. The van der Waals surface area contributed by atoms with E-state index in [0.717, 1.165) is 5.56 Å². The van der Waals surface area contributed by atoms with Gasteiger partial charge in [0.2, 0.25) is 0 Å². The second-order valence-electron chi connectivity index (χ2n) is 4.01. The van der Waals surface area contributed by atoms with E-state index >= 15 is 0 Å². The molecule has 0 N–H and O–H groups in total. The first-order chi connectivity index (χ1) is 8.62. The number of hydrogen-bond acceptors (Lipinski definition) is 3. The van der Waals surface area contributed by atoms with E-state index in [9.17, 15) is 4.79 Å². The van der Waals surface area contributed by atoms with Gasteiger partial charge in [-0.15, -0.1) is 0 Å². The number of amides is 1. The van der Waals surface area contributed by atoms with Gasteiger partial charge in [0.15, 0.2) is 18.1 Å². The molecule has 0 bridgehead atoms. The molecule has 0 unspecified atom stereocenters. The van der Waals surface area contributed by atoms with Crippen molar-refractivity contribution in [1.82, 2.24) is 4.90 Å². The fraction of sp³-hybridized carbons (Fsp3) is 0.500. The van der Waals surface area contributed by atoms with Crippen LogP contribution in [0.25, 0.3) is 0 Å². The summed E-state index contributed by atoms with van der Waals surface area (Å²) in [5.41, 5.74) is 1.09. The van der Waals surface area contributed by atoms with Crippen LogP contribution in [0.1, 0.15) is 19.4 Å². The van der Waals surface area contributed by atoms with E-state index in [2.05, 4.69) is 0 Å². The largest absolute Gasteiger partial charge is 0.493 e. The fourth-order valence-electron chi connectivity index (χ4n) is 1.70. The van der Waals surface area contributed by atoms with Crippen LogP contribution in [0.4, 0.5) is 0 Å². The first-order valence-electron chi connectivity index (χ1n) is 6.17. The Hall–Kier alpha value is -1.71. The van der Waals surface area contributed by atoms with E-state index < -0.39 is 0 Å². The van der Waals surface area contributed by atoms with Crippen molar-refractivity contribution in [3.8, 4) is 11.5 Å². The molecule has 1 rings (SSSR count). The first-order valence-corrected chi connectivity index (χ1v) is 6.17. The molecule has 100 valence electrons. The Morgan fingerprint density at radius 1 is 1.22 bits per heavy atom. The first kappa shape index (κ1) is 14.4. The molecule has 0 radical (unpaired) electrons. The molecule has 0 fully saturated rings. The van der Waals surface area contributed by atoms with Gasteiger partial charge in [0.25, 0.3) is 5.91 Å². The Bertz CT molecular complexity index is 400. The van der Waals surface area contributed by atoms with Crippen LogP contribution in [0.3, 0.4) is 0 Å². The van der Waals surface area contributed by atoms with Crippen molar-refractivity contribution in [2.24, 2.45) is 0 Å². The minimum atomic E-state index is -0.0115. The average molecular weight is 251 g/mol. The molecule has 0 atom stereocenters. The average Bonchev–Trinajstić information content (AvgIpc) is 2.38. The van der Waals surface area contributed by atoms with Crippen molar-refractivity contribution in [3.63, 3.8) is 0 Å². The number of benzene rings is 1. The second kappa shape index (κ2) is 6.89. The summed E-state index contributed by atoms with van der Waals surface area (Å²) in [6, 6.07) is 5.64. The highest BCUT2D eigenvalue weighted by Gasteiger charge is 2.12. The molecular weight excluding hydrogens is 230 g/mol. The minimum Gasteiger partial charge on any atom is -0.493 e. The van der Waals surface area contributed by atoms with E-state index in [4.69, 9.17) is 9.47 Å². The number of methoxy groups -OCH3 is 1. The predicted molar refractivity (Wildman–Crippen MR) is 71.2 cm³/mol. The molecule has 18 heavy (non-hydrogen) atoms. The number of nitrogens with zero attached hydrogens (tertiary/aromatic N) is 1. The molecule has 0 saturated carbocycles. The Balaban J connectivity index is 2.66. The standard InChI is InChI=1S/C14H21NO3/c1-5-15(6-2)14(16)10-18-12-8-7-11(3)9-13(12)17-4/h7-9H,5-6,10H2,1-4H3. The van der Waals surface area contributed by atoms with Crippen molar-refractivity contribution in [2.45, 2.75) is 20.8 Å². The topological polar surface area (TPSA) is 38.8 Å². The molecule has 0 aromatic heterocycles. The molecule has 4 heteroatoms. The van der Waals surface area contributed by atoms with E-state index in [0.29, 0.717) is 24.6 Å². The van der Waals surface area contributed by atoms with Gasteiger partial charge in [-0.3, -0.25) is 4.79 Å². The normalized spacial score (nSPS) is 10.0. The molecule has 0 aliphatic rings. The summed E-state index contributed by atoms with van der Waals surface area (Å²) in [5, 5.41) is 0. The van der Waals surface area contributed by atoms with Crippen LogP contribution in [0.5, 0.6) is 11.5 Å². The number of likely N-dealkylation sites (N-methyl/N-ethyl adjacent to an activating group) is 1. The Morgan fingerprint density at radius 3 is 2.44 bits per heavy atom. The zero-order valence-electron chi connectivity index (χ0n) is 11.5. The van der Waals surface area contributed by atoms with Gasteiger partial charge in [-0.2, -0.15) is 0 Å². The predicted octanol–water partition coefficient (Wildman–Crippen LogP) is 2.25. The molecule has 0 aliphatic heterocycles. The van der Waals surface area contributed by atoms with Gasteiger partial charge >= 0.3 is 0 Å². The molecule has 4 nitrogen and oxygen atoms in total. The van der Waals surface area contributed by atoms with E-state index in [1.807, 2.05) is 39.0 Å². The minimum absolute atomic E-state index is 0.0115. The number of carbonyl (C=O) groups is 1. The second-order valence-corrected chi connectivity index (χ2v) is 4.01. The van der Waals surface area contributed by atoms with Gasteiger partial charge in [0, 0.05) is 13.1 Å². The van der Waals surface area contributed by atoms with Crippen LogP contribution in [-0.4, -0.2) is 37.6 Å². The van der Waals surface area contributed by atoms with Crippen molar-refractivity contribution < 1.29 is 14.3 Å². The quantitative estimate of drug-likeness (QED) is 0.778. The summed E-state index contributed by atoms with van der Waals surface area (Å²) in [7, 11) is 1.59. The molecule has 0 spiro atoms. The number of aryl methyl sites for hydroxylation is 1. The number of hydrogen-bond donors (Lipinski definition) is 0. The van der Waals surface area contributed by atoms with Crippen LogP contribution in [0, 0.1) is 6.92 Å². The number of rotatable bonds is 6. The van der Waals surface area contributed by atoms with Gasteiger partial charge in [0.1, 0.15) is 0 Å². The van der Waals surface area contributed by atoms with Crippen LogP contribution in [0.2, 0.25) is 0 Å². The molecule has 0 heterocycles. The van der Waals surface area contributed by atoms with Gasteiger partial charge in [-0.05, 0) is 38.5 Å². The molecular formula is C14H21NO3. The van der Waals surface area contributed by atoms with Crippen LogP contribution >= 0.6 is 0 Å². The van der Waals surface area contributed by atoms with E-state index in [1.54, 1.807) is 12.0 Å².